The predicted molar refractivity (Wildman–Crippen MR) is 106 cm³/mol. The van der Waals surface area contributed by atoms with Gasteiger partial charge in [0.1, 0.15) is 12.4 Å². The summed E-state index contributed by atoms with van der Waals surface area (Å²) in [4.78, 5) is 12.7. The van der Waals surface area contributed by atoms with E-state index in [-0.39, 0.29) is 18.3 Å². The number of amides is 1. The third-order valence-corrected chi connectivity index (χ3v) is 4.41. The van der Waals surface area contributed by atoms with Crippen molar-refractivity contribution in [3.63, 3.8) is 0 Å². The van der Waals surface area contributed by atoms with Crippen LogP contribution < -0.4 is 10.1 Å². The standard InChI is InChI=1S/C21H19N5O3/c1-14-8-9-17(12-19(14)26-15(2)23-24-25-26)22-21(27)20-16(10-11-28-20)13-29-18-6-4-3-5-7-18/h3-12H,13H2,1-2H3,(H,22,27). The first-order valence-electron chi connectivity index (χ1n) is 9.03. The summed E-state index contributed by atoms with van der Waals surface area (Å²) in [5.74, 6) is 1.23. The number of carbonyl (C=O) groups excluding carboxylic acids is 1. The lowest BCUT2D eigenvalue weighted by Crippen LogP contribution is -2.14. The molecule has 0 aliphatic carbocycles. The SMILES string of the molecule is Cc1ccc(NC(=O)c2occc2COc2ccccc2)cc1-n1nnnc1C. The number of carbonyl (C=O) groups is 1. The van der Waals surface area contributed by atoms with E-state index in [2.05, 4.69) is 20.8 Å². The summed E-state index contributed by atoms with van der Waals surface area (Å²) in [6.45, 7) is 3.99. The van der Waals surface area contributed by atoms with Crippen molar-refractivity contribution in [2.45, 2.75) is 20.5 Å². The predicted octanol–water partition coefficient (Wildman–Crippen LogP) is 3.70. The highest BCUT2D eigenvalue weighted by Gasteiger charge is 2.17. The van der Waals surface area contributed by atoms with Gasteiger partial charge in [-0.15, -0.1) is 5.10 Å². The minimum Gasteiger partial charge on any atom is -0.489 e. The zero-order valence-electron chi connectivity index (χ0n) is 16.0. The number of anilines is 1. The van der Waals surface area contributed by atoms with E-state index in [9.17, 15) is 4.79 Å². The van der Waals surface area contributed by atoms with Crippen LogP contribution in [0.2, 0.25) is 0 Å². The van der Waals surface area contributed by atoms with Gasteiger partial charge in [-0.2, -0.15) is 4.68 Å². The number of benzene rings is 2. The Hall–Kier alpha value is -3.94. The average Bonchev–Trinajstić information content (AvgIpc) is 3.37. The smallest absolute Gasteiger partial charge is 0.291 e. The van der Waals surface area contributed by atoms with Crippen molar-refractivity contribution in [3.05, 3.63) is 83.6 Å². The fourth-order valence-electron chi connectivity index (χ4n) is 2.88. The second-order valence-corrected chi connectivity index (χ2v) is 6.47. The summed E-state index contributed by atoms with van der Waals surface area (Å²) in [5.41, 5.74) is 3.04. The van der Waals surface area contributed by atoms with E-state index in [4.69, 9.17) is 9.15 Å². The minimum absolute atomic E-state index is 0.210. The first kappa shape index (κ1) is 18.4. The molecule has 8 nitrogen and oxygen atoms in total. The summed E-state index contributed by atoms with van der Waals surface area (Å²) >= 11 is 0. The normalized spacial score (nSPS) is 10.7. The molecule has 0 aliphatic rings. The second-order valence-electron chi connectivity index (χ2n) is 6.47. The fraction of sp³-hybridized carbons (Fsp3) is 0.143. The van der Waals surface area contributed by atoms with Crippen LogP contribution in [0.3, 0.4) is 0 Å². The monoisotopic (exact) mass is 389 g/mol. The number of nitrogens with one attached hydrogen (secondary N) is 1. The Balaban J connectivity index is 1.51. The number of nitrogens with zero attached hydrogens (tertiary/aromatic N) is 4. The summed E-state index contributed by atoms with van der Waals surface area (Å²) < 4.78 is 12.7. The van der Waals surface area contributed by atoms with Gasteiger partial charge in [0.05, 0.1) is 12.0 Å². The molecule has 1 N–H and O–H groups in total. The Kier molecular flexibility index (Phi) is 5.07. The Labute approximate surface area is 167 Å². The third-order valence-electron chi connectivity index (χ3n) is 4.41. The quantitative estimate of drug-likeness (QED) is 0.540. The van der Waals surface area contributed by atoms with E-state index in [1.165, 1.54) is 6.26 Å². The van der Waals surface area contributed by atoms with Gasteiger partial charge in [0.2, 0.25) is 0 Å². The number of furan rings is 1. The van der Waals surface area contributed by atoms with Crippen molar-refractivity contribution in [2.24, 2.45) is 0 Å². The molecule has 146 valence electrons. The highest BCUT2D eigenvalue weighted by Crippen LogP contribution is 2.21. The molecule has 8 heteroatoms. The number of rotatable bonds is 6. The highest BCUT2D eigenvalue weighted by molar-refractivity contribution is 6.03. The lowest BCUT2D eigenvalue weighted by atomic mass is 10.1. The molecule has 4 rings (SSSR count). The molecule has 0 spiro atoms. The van der Waals surface area contributed by atoms with Crippen molar-refractivity contribution >= 4 is 11.6 Å². The van der Waals surface area contributed by atoms with Gasteiger partial charge in [-0.3, -0.25) is 4.79 Å². The molecule has 0 bridgehead atoms. The maximum absolute atomic E-state index is 12.7. The lowest BCUT2D eigenvalue weighted by Gasteiger charge is -2.10. The molecule has 2 aromatic carbocycles. The van der Waals surface area contributed by atoms with E-state index >= 15 is 0 Å². The molecule has 29 heavy (non-hydrogen) atoms. The Morgan fingerprint density at radius 3 is 2.72 bits per heavy atom. The molecule has 2 aromatic heterocycles. The molecular weight excluding hydrogens is 370 g/mol. The van der Waals surface area contributed by atoms with Crippen molar-refractivity contribution in [3.8, 4) is 11.4 Å². The van der Waals surface area contributed by atoms with Crippen molar-refractivity contribution in [1.29, 1.82) is 0 Å². The lowest BCUT2D eigenvalue weighted by molar-refractivity contribution is 0.0993. The second kappa shape index (κ2) is 7.97. The molecule has 4 aromatic rings. The number of tetrazole rings is 1. The van der Waals surface area contributed by atoms with Crippen molar-refractivity contribution in [2.75, 3.05) is 5.32 Å². The Bertz CT molecular complexity index is 1130. The van der Waals surface area contributed by atoms with Crippen molar-refractivity contribution < 1.29 is 13.9 Å². The van der Waals surface area contributed by atoms with Crippen LogP contribution in [-0.4, -0.2) is 26.1 Å². The fourth-order valence-corrected chi connectivity index (χ4v) is 2.88. The minimum atomic E-state index is -0.357. The van der Waals surface area contributed by atoms with Crippen LogP contribution >= 0.6 is 0 Å². The van der Waals surface area contributed by atoms with E-state index in [1.807, 2.05) is 62.4 Å². The number of hydrogen-bond acceptors (Lipinski definition) is 6. The van der Waals surface area contributed by atoms with Gasteiger partial charge in [0.25, 0.3) is 5.91 Å². The van der Waals surface area contributed by atoms with Crippen LogP contribution in [-0.2, 0) is 6.61 Å². The summed E-state index contributed by atoms with van der Waals surface area (Å²) in [7, 11) is 0. The molecule has 0 atom stereocenters. The Morgan fingerprint density at radius 1 is 1.14 bits per heavy atom. The molecule has 0 saturated heterocycles. The van der Waals surface area contributed by atoms with Gasteiger partial charge in [-0.05, 0) is 60.2 Å². The van der Waals surface area contributed by atoms with Crippen LogP contribution in [0.15, 0.2) is 65.3 Å². The van der Waals surface area contributed by atoms with Gasteiger partial charge in [-0.1, -0.05) is 24.3 Å². The average molecular weight is 389 g/mol. The van der Waals surface area contributed by atoms with Gasteiger partial charge in [-0.25, -0.2) is 0 Å². The molecule has 0 aliphatic heterocycles. The zero-order valence-corrected chi connectivity index (χ0v) is 16.0. The van der Waals surface area contributed by atoms with Crippen LogP contribution in [0.1, 0.15) is 27.5 Å². The maximum Gasteiger partial charge on any atom is 0.291 e. The third kappa shape index (κ3) is 4.01. The molecule has 0 unspecified atom stereocenters. The number of hydrogen-bond donors (Lipinski definition) is 1. The molecule has 0 fully saturated rings. The van der Waals surface area contributed by atoms with Gasteiger partial charge in [0.15, 0.2) is 11.6 Å². The van der Waals surface area contributed by atoms with Gasteiger partial charge >= 0.3 is 0 Å². The van der Waals surface area contributed by atoms with Crippen LogP contribution in [0.5, 0.6) is 5.75 Å². The first-order valence-corrected chi connectivity index (χ1v) is 9.03. The van der Waals surface area contributed by atoms with Crippen LogP contribution in [0.25, 0.3) is 5.69 Å². The van der Waals surface area contributed by atoms with E-state index < -0.39 is 0 Å². The number of para-hydroxylation sites is 1. The molecular formula is C21H19N5O3. The largest absolute Gasteiger partial charge is 0.489 e. The first-order chi connectivity index (χ1) is 14.1. The van der Waals surface area contributed by atoms with Crippen molar-refractivity contribution in [1.82, 2.24) is 20.2 Å². The van der Waals surface area contributed by atoms with Gasteiger partial charge in [0, 0.05) is 11.3 Å². The van der Waals surface area contributed by atoms with Gasteiger partial charge < -0.3 is 14.5 Å². The zero-order chi connectivity index (χ0) is 20.2. The molecule has 2 heterocycles. The van der Waals surface area contributed by atoms with Crippen LogP contribution in [0.4, 0.5) is 5.69 Å². The number of ether oxygens (including phenoxy) is 1. The topological polar surface area (TPSA) is 95.1 Å². The number of aryl methyl sites for hydroxylation is 2. The van der Waals surface area contributed by atoms with Crippen LogP contribution in [0, 0.1) is 13.8 Å². The summed E-state index contributed by atoms with van der Waals surface area (Å²) in [5, 5.41) is 14.4. The summed E-state index contributed by atoms with van der Waals surface area (Å²) in [6, 6.07) is 16.7. The van der Waals surface area contributed by atoms with E-state index in [0.29, 0.717) is 17.1 Å². The van der Waals surface area contributed by atoms with E-state index in [1.54, 1.807) is 10.7 Å². The number of aromatic nitrogens is 4. The highest BCUT2D eigenvalue weighted by atomic mass is 16.5. The van der Waals surface area contributed by atoms with E-state index in [0.717, 1.165) is 17.0 Å². The molecule has 0 radical (unpaired) electrons. The maximum atomic E-state index is 12.7. The molecule has 0 saturated carbocycles. The molecule has 1 amide bonds. The Morgan fingerprint density at radius 2 is 1.97 bits per heavy atom. The summed E-state index contributed by atoms with van der Waals surface area (Å²) in [6.07, 6.45) is 1.48.